The fourth-order valence-corrected chi connectivity index (χ4v) is 1.87. The molecule has 0 radical (unpaired) electrons. The Hall–Kier alpha value is -2.41. The Morgan fingerprint density at radius 1 is 1.43 bits per heavy atom. The maximum Gasteiger partial charge on any atom is 0.255 e. The lowest BCUT2D eigenvalue weighted by atomic mass is 10.2. The Balaban J connectivity index is 2.07. The normalized spacial score (nSPS) is 10.4. The molecule has 0 spiro atoms. The molecule has 0 bridgehead atoms. The van der Waals surface area contributed by atoms with E-state index >= 15 is 0 Å². The van der Waals surface area contributed by atoms with Crippen LogP contribution in [0.1, 0.15) is 16.1 Å². The van der Waals surface area contributed by atoms with E-state index in [4.69, 9.17) is 4.74 Å². The van der Waals surface area contributed by atoms with Crippen molar-refractivity contribution in [3.63, 3.8) is 0 Å². The molecule has 21 heavy (non-hydrogen) atoms. The average Bonchev–Trinajstić information content (AvgIpc) is 2.91. The average molecular weight is 289 g/mol. The fourth-order valence-electron chi connectivity index (χ4n) is 1.87. The predicted octanol–water partition coefficient (Wildman–Crippen LogP) is 1.53. The number of ether oxygens (including phenoxy) is 1. The first-order valence-electron chi connectivity index (χ1n) is 6.61. The van der Waals surface area contributed by atoms with E-state index in [-0.39, 0.29) is 5.91 Å². The topological polar surface area (TPSA) is 81.1 Å². The van der Waals surface area contributed by atoms with Crippen LogP contribution in [0.5, 0.6) is 0 Å². The van der Waals surface area contributed by atoms with Crippen LogP contribution >= 0.6 is 0 Å². The zero-order valence-corrected chi connectivity index (χ0v) is 12.4. The van der Waals surface area contributed by atoms with Gasteiger partial charge in [0.2, 0.25) is 0 Å². The quantitative estimate of drug-likeness (QED) is 0.843. The Labute approximate surface area is 123 Å². The van der Waals surface area contributed by atoms with E-state index in [1.54, 1.807) is 43.4 Å². The first kappa shape index (κ1) is 15.0. The van der Waals surface area contributed by atoms with Gasteiger partial charge in [-0.15, -0.1) is 0 Å². The van der Waals surface area contributed by atoms with Crippen LogP contribution in [-0.4, -0.2) is 41.4 Å². The molecule has 0 saturated heterocycles. The lowest BCUT2D eigenvalue weighted by molar-refractivity contribution is 0.102. The van der Waals surface area contributed by atoms with Gasteiger partial charge in [-0.1, -0.05) is 0 Å². The third kappa shape index (κ3) is 4.03. The maximum atomic E-state index is 12.2. The minimum atomic E-state index is -0.191. The van der Waals surface area contributed by atoms with E-state index in [9.17, 15) is 4.79 Å². The van der Waals surface area contributed by atoms with Gasteiger partial charge >= 0.3 is 0 Å². The summed E-state index contributed by atoms with van der Waals surface area (Å²) >= 11 is 0. The van der Waals surface area contributed by atoms with Crippen molar-refractivity contribution in [1.29, 1.82) is 0 Å². The molecule has 7 heteroatoms. The number of nitrogens with zero attached hydrogens (tertiary/aromatic N) is 3. The molecule has 0 aromatic carbocycles. The number of nitrogens with one attached hydrogen (secondary N) is 2. The van der Waals surface area contributed by atoms with Crippen LogP contribution < -0.4 is 10.6 Å². The van der Waals surface area contributed by atoms with Crippen molar-refractivity contribution in [2.24, 2.45) is 0 Å². The third-order valence-electron chi connectivity index (χ3n) is 2.89. The van der Waals surface area contributed by atoms with Gasteiger partial charge in [-0.2, -0.15) is 5.10 Å². The molecule has 0 saturated carbocycles. The van der Waals surface area contributed by atoms with Crippen LogP contribution in [0.15, 0.2) is 24.5 Å². The summed E-state index contributed by atoms with van der Waals surface area (Å²) in [6.45, 7) is 3.06. The number of carbonyl (C=O) groups is 1. The highest BCUT2D eigenvalue weighted by molar-refractivity contribution is 6.04. The lowest BCUT2D eigenvalue weighted by Gasteiger charge is -2.06. The van der Waals surface area contributed by atoms with Crippen LogP contribution in [0.2, 0.25) is 0 Å². The summed E-state index contributed by atoms with van der Waals surface area (Å²) in [5.74, 6) is 0.472. The molecule has 0 aliphatic carbocycles. The maximum absolute atomic E-state index is 12.2. The van der Waals surface area contributed by atoms with Gasteiger partial charge in [-0.3, -0.25) is 9.48 Å². The first-order valence-corrected chi connectivity index (χ1v) is 6.61. The number of pyridine rings is 1. The van der Waals surface area contributed by atoms with Gasteiger partial charge < -0.3 is 15.4 Å². The van der Waals surface area contributed by atoms with E-state index in [1.165, 1.54) is 0 Å². The fraction of sp³-hybridized carbons (Fsp3) is 0.357. The number of aromatic nitrogens is 3. The molecular weight excluding hydrogens is 270 g/mol. The van der Waals surface area contributed by atoms with Crippen molar-refractivity contribution in [3.8, 4) is 0 Å². The summed E-state index contributed by atoms with van der Waals surface area (Å²) in [5, 5.41) is 9.90. The third-order valence-corrected chi connectivity index (χ3v) is 2.89. The lowest BCUT2D eigenvalue weighted by Crippen LogP contribution is -2.12. The Bertz CT molecular complexity index is 624. The molecule has 0 aliphatic rings. The summed E-state index contributed by atoms with van der Waals surface area (Å²) in [5.41, 5.74) is 1.98. The Kier molecular flexibility index (Phi) is 4.89. The highest BCUT2D eigenvalue weighted by Crippen LogP contribution is 2.12. The van der Waals surface area contributed by atoms with Gasteiger partial charge in [0.05, 0.1) is 25.0 Å². The van der Waals surface area contributed by atoms with Gasteiger partial charge in [-0.25, -0.2) is 4.98 Å². The molecule has 0 unspecified atom stereocenters. The molecule has 2 rings (SSSR count). The van der Waals surface area contributed by atoms with Gasteiger partial charge in [-0.05, 0) is 19.1 Å². The number of carbonyl (C=O) groups excluding carboxylic acids is 1. The van der Waals surface area contributed by atoms with E-state index in [0.29, 0.717) is 30.2 Å². The summed E-state index contributed by atoms with van der Waals surface area (Å²) in [6, 6.07) is 3.45. The number of aryl methyl sites for hydroxylation is 1. The highest BCUT2D eigenvalue weighted by atomic mass is 16.5. The second-order valence-electron chi connectivity index (χ2n) is 4.57. The van der Waals surface area contributed by atoms with E-state index in [2.05, 4.69) is 20.7 Å². The van der Waals surface area contributed by atoms with Crippen LogP contribution in [-0.2, 0) is 11.3 Å². The van der Waals surface area contributed by atoms with E-state index in [1.807, 2.05) is 6.92 Å². The summed E-state index contributed by atoms with van der Waals surface area (Å²) in [7, 11) is 3.40. The van der Waals surface area contributed by atoms with Crippen LogP contribution in [0.25, 0.3) is 0 Å². The van der Waals surface area contributed by atoms with Crippen LogP contribution in [0, 0.1) is 6.92 Å². The molecule has 0 atom stereocenters. The molecule has 0 fully saturated rings. The molecule has 112 valence electrons. The van der Waals surface area contributed by atoms with Gasteiger partial charge in [0, 0.05) is 31.6 Å². The zero-order valence-electron chi connectivity index (χ0n) is 12.4. The monoisotopic (exact) mass is 289 g/mol. The van der Waals surface area contributed by atoms with Crippen LogP contribution in [0.3, 0.4) is 0 Å². The highest BCUT2D eigenvalue weighted by Gasteiger charge is 2.10. The van der Waals surface area contributed by atoms with Gasteiger partial charge in [0.1, 0.15) is 5.82 Å². The summed E-state index contributed by atoms with van der Waals surface area (Å²) in [6.07, 6.45) is 3.38. The SMILES string of the molecule is CNc1cc(C(=O)Nc2cnn(CCOC)c2)cc(C)n1. The first-order chi connectivity index (χ1) is 10.1. The van der Waals surface area contributed by atoms with Gasteiger partial charge in [0.25, 0.3) is 5.91 Å². The predicted molar refractivity (Wildman–Crippen MR) is 80.6 cm³/mol. The van der Waals surface area contributed by atoms with E-state index in [0.717, 1.165) is 5.69 Å². The zero-order chi connectivity index (χ0) is 15.2. The van der Waals surface area contributed by atoms with Crippen molar-refractivity contribution >= 4 is 17.4 Å². The second kappa shape index (κ2) is 6.85. The smallest absolute Gasteiger partial charge is 0.255 e. The standard InChI is InChI=1S/C14H19N5O2/c1-10-6-11(7-13(15-2)17-10)14(20)18-12-8-16-19(9-12)4-5-21-3/h6-9H,4-5H2,1-3H3,(H,15,17)(H,18,20). The van der Waals surface area contributed by atoms with Crippen molar-refractivity contribution in [1.82, 2.24) is 14.8 Å². The largest absolute Gasteiger partial charge is 0.383 e. The van der Waals surface area contributed by atoms with Crippen molar-refractivity contribution in [2.75, 3.05) is 31.4 Å². The van der Waals surface area contributed by atoms with Crippen LogP contribution in [0.4, 0.5) is 11.5 Å². The molecule has 2 N–H and O–H groups in total. The number of rotatable bonds is 6. The molecule has 2 aromatic heterocycles. The summed E-state index contributed by atoms with van der Waals surface area (Å²) in [4.78, 5) is 16.5. The van der Waals surface area contributed by atoms with Crippen molar-refractivity contribution < 1.29 is 9.53 Å². The van der Waals surface area contributed by atoms with Crippen molar-refractivity contribution in [2.45, 2.75) is 13.5 Å². The number of amides is 1. The Morgan fingerprint density at radius 3 is 2.95 bits per heavy atom. The molecular formula is C14H19N5O2. The molecule has 7 nitrogen and oxygen atoms in total. The van der Waals surface area contributed by atoms with Crippen molar-refractivity contribution in [3.05, 3.63) is 35.8 Å². The number of methoxy groups -OCH3 is 1. The molecule has 1 amide bonds. The number of anilines is 2. The number of hydrogen-bond acceptors (Lipinski definition) is 5. The Morgan fingerprint density at radius 2 is 2.24 bits per heavy atom. The minimum absolute atomic E-state index is 0.191. The minimum Gasteiger partial charge on any atom is -0.383 e. The molecule has 2 aromatic rings. The molecule has 0 aliphatic heterocycles. The second-order valence-corrected chi connectivity index (χ2v) is 4.57. The van der Waals surface area contributed by atoms with E-state index < -0.39 is 0 Å². The molecule has 2 heterocycles. The summed E-state index contributed by atoms with van der Waals surface area (Å²) < 4.78 is 6.70. The van der Waals surface area contributed by atoms with Gasteiger partial charge in [0.15, 0.2) is 0 Å². The number of hydrogen-bond donors (Lipinski definition) is 2.